The number of rotatable bonds is 12. The molecule has 0 aliphatic heterocycles. The summed E-state index contributed by atoms with van der Waals surface area (Å²) in [4.78, 5) is 0. The van der Waals surface area contributed by atoms with Crippen LogP contribution in [0.4, 0.5) is 0 Å². The third-order valence-corrected chi connectivity index (χ3v) is 3.06. The molecule has 0 aliphatic rings. The highest BCUT2D eigenvalue weighted by Crippen LogP contribution is 2.20. The van der Waals surface area contributed by atoms with Crippen LogP contribution in [0.2, 0.25) is 0 Å². The highest BCUT2D eigenvalue weighted by Gasteiger charge is 2.11. The van der Waals surface area contributed by atoms with Gasteiger partial charge in [0.1, 0.15) is 5.75 Å². The van der Waals surface area contributed by atoms with Gasteiger partial charge in [0, 0.05) is 26.9 Å². The number of methoxy groups -OCH3 is 2. The summed E-state index contributed by atoms with van der Waals surface area (Å²) in [7, 11) is 5.26. The summed E-state index contributed by atoms with van der Waals surface area (Å²) in [5, 5.41) is 3.16. The molecule has 0 aromatic heterocycles. The average molecular weight is 297 g/mol. The van der Waals surface area contributed by atoms with E-state index in [0.29, 0.717) is 26.4 Å². The summed E-state index contributed by atoms with van der Waals surface area (Å²) in [5.74, 6) is 0.855. The Morgan fingerprint density at radius 3 is 2.38 bits per heavy atom. The molecule has 0 heterocycles. The molecular weight excluding hydrogens is 270 g/mol. The van der Waals surface area contributed by atoms with Crippen LogP contribution in [0.1, 0.15) is 18.1 Å². The van der Waals surface area contributed by atoms with E-state index in [0.717, 1.165) is 24.3 Å². The topological polar surface area (TPSA) is 49.0 Å². The van der Waals surface area contributed by atoms with Crippen LogP contribution >= 0.6 is 0 Å². The van der Waals surface area contributed by atoms with Crippen LogP contribution in [-0.2, 0) is 14.2 Å². The van der Waals surface area contributed by atoms with Gasteiger partial charge in [-0.3, -0.25) is 0 Å². The fraction of sp³-hybridized carbons (Fsp3) is 0.625. The summed E-state index contributed by atoms with van der Waals surface area (Å²) in [6.45, 7) is 3.41. The molecule has 1 N–H and O–H groups in total. The summed E-state index contributed by atoms with van der Waals surface area (Å²) in [5.41, 5.74) is 1.14. The molecule has 5 nitrogen and oxygen atoms in total. The van der Waals surface area contributed by atoms with Crippen molar-refractivity contribution in [2.24, 2.45) is 0 Å². The van der Waals surface area contributed by atoms with Crippen LogP contribution in [0.5, 0.6) is 5.75 Å². The Hall–Kier alpha value is -1.14. The van der Waals surface area contributed by atoms with Gasteiger partial charge >= 0.3 is 0 Å². The second-order valence-corrected chi connectivity index (χ2v) is 4.65. The first kappa shape index (κ1) is 17.9. The highest BCUT2D eigenvalue weighted by atomic mass is 16.5. The third-order valence-electron chi connectivity index (χ3n) is 3.06. The Balaban J connectivity index is 2.32. The van der Waals surface area contributed by atoms with Gasteiger partial charge in [-0.15, -0.1) is 0 Å². The van der Waals surface area contributed by atoms with Crippen molar-refractivity contribution in [2.75, 3.05) is 54.2 Å². The lowest BCUT2D eigenvalue weighted by Crippen LogP contribution is -2.20. The Kier molecular flexibility index (Phi) is 9.82. The van der Waals surface area contributed by atoms with Crippen LogP contribution in [-0.4, -0.2) is 54.2 Å². The molecular formula is C16H27NO4. The Labute approximate surface area is 127 Å². The first-order valence-corrected chi connectivity index (χ1v) is 7.28. The first-order valence-electron chi connectivity index (χ1n) is 7.28. The number of ether oxygens (including phenoxy) is 4. The van der Waals surface area contributed by atoms with E-state index in [9.17, 15) is 0 Å². The summed E-state index contributed by atoms with van der Waals surface area (Å²) in [6, 6.07) is 7.98. The molecule has 0 bridgehead atoms. The molecule has 0 radical (unpaired) electrons. The largest absolute Gasteiger partial charge is 0.497 e. The van der Waals surface area contributed by atoms with Gasteiger partial charge in [-0.25, -0.2) is 0 Å². The van der Waals surface area contributed by atoms with E-state index in [2.05, 4.69) is 5.32 Å². The van der Waals surface area contributed by atoms with Gasteiger partial charge in [0.25, 0.3) is 0 Å². The van der Waals surface area contributed by atoms with Crippen LogP contribution in [0.3, 0.4) is 0 Å². The number of nitrogens with one attached hydrogen (secondary N) is 1. The number of benzene rings is 1. The second kappa shape index (κ2) is 11.5. The van der Waals surface area contributed by atoms with Gasteiger partial charge in [0.15, 0.2) is 0 Å². The van der Waals surface area contributed by atoms with Gasteiger partial charge in [0.05, 0.1) is 26.4 Å². The summed E-state index contributed by atoms with van der Waals surface area (Å²) < 4.78 is 21.4. The Morgan fingerprint density at radius 2 is 1.76 bits per heavy atom. The third kappa shape index (κ3) is 7.43. The number of hydrogen-bond acceptors (Lipinski definition) is 5. The maximum Gasteiger partial charge on any atom is 0.118 e. The van der Waals surface area contributed by atoms with Crippen LogP contribution in [0.15, 0.2) is 24.3 Å². The van der Waals surface area contributed by atoms with Crippen molar-refractivity contribution >= 4 is 0 Å². The molecule has 0 saturated heterocycles. The lowest BCUT2D eigenvalue weighted by Gasteiger charge is -2.18. The molecule has 5 heteroatoms. The molecule has 1 rings (SSSR count). The highest BCUT2D eigenvalue weighted by molar-refractivity contribution is 5.28. The molecule has 1 aromatic rings. The van der Waals surface area contributed by atoms with E-state index in [4.69, 9.17) is 18.9 Å². The lowest BCUT2D eigenvalue weighted by molar-refractivity contribution is 0.0237. The van der Waals surface area contributed by atoms with E-state index in [1.807, 2.05) is 31.3 Å². The Morgan fingerprint density at radius 1 is 1.00 bits per heavy atom. The molecule has 1 aromatic carbocycles. The van der Waals surface area contributed by atoms with Crippen molar-refractivity contribution in [3.05, 3.63) is 29.8 Å². The maximum atomic E-state index is 5.93. The summed E-state index contributed by atoms with van der Waals surface area (Å²) in [6.07, 6.45) is 0.917. The standard InChI is InChI=1S/C16H27NO4/c1-17-13-16(14-5-7-15(19-3)8-6-14)21-10-4-9-20-12-11-18-2/h5-8,16-17H,4,9-13H2,1-3H3. The van der Waals surface area contributed by atoms with Gasteiger partial charge in [-0.1, -0.05) is 12.1 Å². The number of hydrogen-bond donors (Lipinski definition) is 1. The van der Waals surface area contributed by atoms with Crippen LogP contribution in [0, 0.1) is 0 Å². The van der Waals surface area contributed by atoms with E-state index in [-0.39, 0.29) is 6.10 Å². The molecule has 0 amide bonds. The fourth-order valence-electron chi connectivity index (χ4n) is 1.91. The minimum absolute atomic E-state index is 0.0416. The fourth-order valence-corrected chi connectivity index (χ4v) is 1.91. The minimum atomic E-state index is 0.0416. The van der Waals surface area contributed by atoms with E-state index in [1.165, 1.54) is 0 Å². The van der Waals surface area contributed by atoms with Crippen molar-refractivity contribution in [1.29, 1.82) is 0 Å². The van der Waals surface area contributed by atoms with E-state index in [1.54, 1.807) is 14.2 Å². The molecule has 120 valence electrons. The molecule has 0 saturated carbocycles. The van der Waals surface area contributed by atoms with Gasteiger partial charge in [0.2, 0.25) is 0 Å². The van der Waals surface area contributed by atoms with Crippen molar-refractivity contribution in [3.63, 3.8) is 0 Å². The predicted octanol–water partition coefficient (Wildman–Crippen LogP) is 2.03. The van der Waals surface area contributed by atoms with Crippen molar-refractivity contribution < 1.29 is 18.9 Å². The van der Waals surface area contributed by atoms with Crippen molar-refractivity contribution in [2.45, 2.75) is 12.5 Å². The molecule has 0 fully saturated rings. The normalized spacial score (nSPS) is 12.3. The zero-order valence-electron chi connectivity index (χ0n) is 13.3. The van der Waals surface area contributed by atoms with Crippen molar-refractivity contribution in [3.8, 4) is 5.75 Å². The molecule has 0 aliphatic carbocycles. The van der Waals surface area contributed by atoms with Crippen LogP contribution < -0.4 is 10.1 Å². The summed E-state index contributed by atoms with van der Waals surface area (Å²) >= 11 is 0. The number of likely N-dealkylation sites (N-methyl/N-ethyl adjacent to an activating group) is 1. The van der Waals surface area contributed by atoms with Gasteiger partial charge in [-0.05, 0) is 31.2 Å². The monoisotopic (exact) mass is 297 g/mol. The van der Waals surface area contributed by atoms with Crippen LogP contribution in [0.25, 0.3) is 0 Å². The zero-order chi connectivity index (χ0) is 15.3. The maximum absolute atomic E-state index is 5.93. The van der Waals surface area contributed by atoms with Crippen molar-refractivity contribution in [1.82, 2.24) is 5.32 Å². The lowest BCUT2D eigenvalue weighted by atomic mass is 10.1. The quantitative estimate of drug-likeness (QED) is 0.598. The minimum Gasteiger partial charge on any atom is -0.497 e. The smallest absolute Gasteiger partial charge is 0.118 e. The molecule has 1 atom stereocenters. The van der Waals surface area contributed by atoms with Gasteiger partial charge in [-0.2, -0.15) is 0 Å². The zero-order valence-corrected chi connectivity index (χ0v) is 13.3. The molecule has 0 spiro atoms. The first-order chi connectivity index (χ1) is 10.3. The van der Waals surface area contributed by atoms with E-state index < -0.39 is 0 Å². The van der Waals surface area contributed by atoms with Gasteiger partial charge < -0.3 is 24.3 Å². The molecule has 1 unspecified atom stereocenters. The second-order valence-electron chi connectivity index (χ2n) is 4.65. The Bertz CT molecular complexity index is 356. The van der Waals surface area contributed by atoms with E-state index >= 15 is 0 Å². The average Bonchev–Trinajstić information content (AvgIpc) is 2.53. The SMILES string of the molecule is CNCC(OCCCOCCOC)c1ccc(OC)cc1. The predicted molar refractivity (Wildman–Crippen MR) is 82.9 cm³/mol. The molecule has 21 heavy (non-hydrogen) atoms.